The third-order valence-corrected chi connectivity index (χ3v) is 4.45. The van der Waals surface area contributed by atoms with Gasteiger partial charge in [-0.15, -0.1) is 11.3 Å². The van der Waals surface area contributed by atoms with Crippen LogP contribution in [0.4, 0.5) is 0 Å². The molecule has 0 saturated carbocycles. The van der Waals surface area contributed by atoms with Gasteiger partial charge in [-0.1, -0.05) is 17.3 Å². The Labute approximate surface area is 134 Å². The van der Waals surface area contributed by atoms with Crippen LogP contribution in [0.5, 0.6) is 0 Å². The predicted molar refractivity (Wildman–Crippen MR) is 86.8 cm³/mol. The summed E-state index contributed by atoms with van der Waals surface area (Å²) in [7, 11) is 1.74. The van der Waals surface area contributed by atoms with Crippen molar-refractivity contribution < 1.29 is 10.0 Å². The molecule has 3 N–H and O–H groups in total. The molecule has 0 radical (unpaired) electrons. The van der Waals surface area contributed by atoms with Gasteiger partial charge < -0.3 is 15.8 Å². The number of thiophene rings is 1. The molecule has 1 aromatic carbocycles. The molecule has 0 atom stereocenters. The van der Waals surface area contributed by atoms with Gasteiger partial charge in [-0.3, -0.25) is 4.79 Å². The Morgan fingerprint density at radius 3 is 2.76 bits per heavy atom. The highest BCUT2D eigenvalue weighted by atomic mass is 79.9. The van der Waals surface area contributed by atoms with Crippen molar-refractivity contribution in [1.29, 1.82) is 0 Å². The van der Waals surface area contributed by atoms with Gasteiger partial charge >= 0.3 is 0 Å². The first-order valence-corrected chi connectivity index (χ1v) is 7.75. The van der Waals surface area contributed by atoms with E-state index < -0.39 is 0 Å². The zero-order valence-electron chi connectivity index (χ0n) is 11.3. The van der Waals surface area contributed by atoms with E-state index in [1.165, 1.54) is 0 Å². The second kappa shape index (κ2) is 6.73. The van der Waals surface area contributed by atoms with Crippen molar-refractivity contribution in [3.05, 3.63) is 56.2 Å². The van der Waals surface area contributed by atoms with Gasteiger partial charge in [-0.2, -0.15) is 0 Å². The molecule has 1 aromatic heterocycles. The Balaban J connectivity index is 2.15. The van der Waals surface area contributed by atoms with Crippen LogP contribution < -0.4 is 5.73 Å². The van der Waals surface area contributed by atoms with Gasteiger partial charge in [0.05, 0.1) is 3.79 Å². The van der Waals surface area contributed by atoms with Crippen LogP contribution >= 0.6 is 27.3 Å². The first kappa shape index (κ1) is 15.5. The molecule has 2 rings (SSSR count). The Hall–Kier alpha value is -1.86. The van der Waals surface area contributed by atoms with Crippen molar-refractivity contribution in [2.24, 2.45) is 10.9 Å². The van der Waals surface area contributed by atoms with Crippen molar-refractivity contribution in [2.75, 3.05) is 7.05 Å². The van der Waals surface area contributed by atoms with Crippen LogP contribution in [0.3, 0.4) is 0 Å². The summed E-state index contributed by atoms with van der Waals surface area (Å²) in [6.07, 6.45) is 0. The highest BCUT2D eigenvalue weighted by molar-refractivity contribution is 9.11. The molecule has 0 bridgehead atoms. The molecule has 21 heavy (non-hydrogen) atoms. The molecule has 0 spiro atoms. The van der Waals surface area contributed by atoms with E-state index in [-0.39, 0.29) is 11.7 Å². The maximum Gasteiger partial charge on any atom is 0.253 e. The fourth-order valence-electron chi connectivity index (χ4n) is 1.86. The third kappa shape index (κ3) is 3.83. The van der Waals surface area contributed by atoms with Crippen molar-refractivity contribution in [3.8, 4) is 0 Å². The predicted octanol–water partition coefficient (Wildman–Crippen LogP) is 2.88. The number of nitrogens with two attached hydrogens (primary N) is 1. The summed E-state index contributed by atoms with van der Waals surface area (Å²) in [6, 6.07) is 8.69. The fourth-order valence-corrected chi connectivity index (χ4v) is 3.06. The molecule has 0 aliphatic rings. The van der Waals surface area contributed by atoms with Crippen LogP contribution in [0.2, 0.25) is 0 Å². The normalized spacial score (nSPS) is 11.4. The highest BCUT2D eigenvalue weighted by Gasteiger charge is 2.14. The lowest BCUT2D eigenvalue weighted by atomic mass is 10.1. The summed E-state index contributed by atoms with van der Waals surface area (Å²) in [5, 5.41) is 13.6. The maximum absolute atomic E-state index is 12.4. The van der Waals surface area contributed by atoms with Gasteiger partial charge in [0, 0.05) is 24.7 Å². The van der Waals surface area contributed by atoms with Crippen LogP contribution in [0.1, 0.15) is 21.5 Å². The van der Waals surface area contributed by atoms with Crippen molar-refractivity contribution >= 4 is 39.0 Å². The smallest absolute Gasteiger partial charge is 0.253 e. The average Bonchev–Trinajstić information content (AvgIpc) is 2.90. The molecule has 0 aliphatic carbocycles. The van der Waals surface area contributed by atoms with Crippen molar-refractivity contribution in [2.45, 2.75) is 6.54 Å². The molecular formula is C14H14BrN3O2S. The molecule has 7 heteroatoms. The van der Waals surface area contributed by atoms with Gasteiger partial charge in [0.2, 0.25) is 0 Å². The quantitative estimate of drug-likeness (QED) is 0.377. The molecule has 0 aliphatic heterocycles. The summed E-state index contributed by atoms with van der Waals surface area (Å²) >= 11 is 4.98. The largest absolute Gasteiger partial charge is 0.409 e. The number of hydrogen-bond donors (Lipinski definition) is 2. The van der Waals surface area contributed by atoms with E-state index in [1.54, 1.807) is 47.5 Å². The lowest BCUT2D eigenvalue weighted by Crippen LogP contribution is -2.26. The Morgan fingerprint density at radius 1 is 1.43 bits per heavy atom. The van der Waals surface area contributed by atoms with E-state index in [2.05, 4.69) is 21.1 Å². The number of carbonyl (C=O) groups is 1. The molecule has 0 fully saturated rings. The Kier molecular flexibility index (Phi) is 4.98. The number of carbonyl (C=O) groups excluding carboxylic acids is 1. The topological polar surface area (TPSA) is 78.9 Å². The van der Waals surface area contributed by atoms with E-state index in [1.807, 2.05) is 11.4 Å². The van der Waals surface area contributed by atoms with Crippen LogP contribution in [0.25, 0.3) is 0 Å². The number of rotatable bonds is 4. The number of benzene rings is 1. The minimum atomic E-state index is -0.120. The Bertz CT molecular complexity index is 684. The number of nitrogens with zero attached hydrogens (tertiary/aromatic N) is 2. The summed E-state index contributed by atoms with van der Waals surface area (Å²) in [6.45, 7) is 0.523. The second-order valence-corrected chi connectivity index (χ2v) is 6.78. The molecule has 5 nitrogen and oxygen atoms in total. The summed E-state index contributed by atoms with van der Waals surface area (Å²) in [4.78, 5) is 14.0. The molecule has 2 aromatic rings. The molecule has 0 saturated heterocycles. The van der Waals surface area contributed by atoms with Crippen molar-refractivity contribution in [3.63, 3.8) is 0 Å². The second-order valence-electron chi connectivity index (χ2n) is 4.49. The summed E-state index contributed by atoms with van der Waals surface area (Å²) in [5.74, 6) is -0.140. The number of oxime groups is 1. The average molecular weight is 368 g/mol. The van der Waals surface area contributed by atoms with E-state index in [9.17, 15) is 4.79 Å². The fraction of sp³-hybridized carbons (Fsp3) is 0.143. The molecular weight excluding hydrogens is 354 g/mol. The number of amidine groups is 1. The first-order valence-electron chi connectivity index (χ1n) is 6.07. The van der Waals surface area contributed by atoms with Crippen LogP contribution in [0.15, 0.2) is 44.7 Å². The number of amides is 1. The molecule has 0 unspecified atom stereocenters. The monoisotopic (exact) mass is 367 g/mol. The minimum absolute atomic E-state index is 0.0194. The van der Waals surface area contributed by atoms with Crippen molar-refractivity contribution in [1.82, 2.24) is 4.90 Å². The minimum Gasteiger partial charge on any atom is -0.409 e. The van der Waals surface area contributed by atoms with E-state index in [0.29, 0.717) is 17.7 Å². The van der Waals surface area contributed by atoms with Gasteiger partial charge in [-0.05, 0) is 45.1 Å². The highest BCUT2D eigenvalue weighted by Crippen LogP contribution is 2.22. The maximum atomic E-state index is 12.4. The van der Waals surface area contributed by atoms with Gasteiger partial charge in [-0.25, -0.2) is 0 Å². The zero-order chi connectivity index (χ0) is 15.4. The van der Waals surface area contributed by atoms with Crippen LogP contribution in [0, 0.1) is 0 Å². The summed E-state index contributed by atoms with van der Waals surface area (Å²) in [5.41, 5.74) is 7.61. The lowest BCUT2D eigenvalue weighted by molar-refractivity contribution is 0.0785. The van der Waals surface area contributed by atoms with E-state index in [0.717, 1.165) is 9.35 Å². The summed E-state index contributed by atoms with van der Waals surface area (Å²) < 4.78 is 1.03. The van der Waals surface area contributed by atoms with Crippen LogP contribution in [-0.2, 0) is 6.54 Å². The lowest BCUT2D eigenvalue weighted by Gasteiger charge is -2.16. The SMILES string of the molecule is CN(Cc1csc(Br)c1)C(=O)c1cccc(C(N)=NO)c1. The van der Waals surface area contributed by atoms with Gasteiger partial charge in [0.1, 0.15) is 0 Å². The van der Waals surface area contributed by atoms with Crippen LogP contribution in [-0.4, -0.2) is 28.9 Å². The molecule has 1 heterocycles. The number of hydrogen-bond acceptors (Lipinski definition) is 4. The van der Waals surface area contributed by atoms with Gasteiger partial charge in [0.25, 0.3) is 5.91 Å². The Morgan fingerprint density at radius 2 is 2.14 bits per heavy atom. The van der Waals surface area contributed by atoms with Gasteiger partial charge in [0.15, 0.2) is 5.84 Å². The molecule has 110 valence electrons. The van der Waals surface area contributed by atoms with E-state index >= 15 is 0 Å². The number of halogens is 1. The first-order chi connectivity index (χ1) is 10.0. The molecule has 1 amide bonds. The zero-order valence-corrected chi connectivity index (χ0v) is 13.7. The standard InChI is InChI=1S/C14H14BrN3O2S/c1-18(7-9-5-12(15)21-8-9)14(19)11-4-2-3-10(6-11)13(16)17-20/h2-6,8,20H,7H2,1H3,(H2,16,17). The van der Waals surface area contributed by atoms with E-state index in [4.69, 9.17) is 10.9 Å². The third-order valence-electron chi connectivity index (χ3n) is 2.90.